The Labute approximate surface area is 159 Å². The lowest BCUT2D eigenvalue weighted by Gasteiger charge is -2.38. The molecule has 0 aromatic heterocycles. The van der Waals surface area contributed by atoms with Crippen LogP contribution in [-0.4, -0.2) is 31.6 Å². The number of carbonyl (C=O) groups excluding carboxylic acids is 1. The van der Waals surface area contributed by atoms with Crippen LogP contribution in [0.4, 0.5) is 0 Å². The zero-order valence-electron chi connectivity index (χ0n) is 15.4. The van der Waals surface area contributed by atoms with Crippen molar-refractivity contribution < 1.29 is 14.3 Å². The third-order valence-corrected chi connectivity index (χ3v) is 5.06. The fourth-order valence-electron chi connectivity index (χ4n) is 3.61. The number of rotatable bonds is 5. The van der Waals surface area contributed by atoms with Gasteiger partial charge in [-0.15, -0.1) is 0 Å². The lowest BCUT2D eigenvalue weighted by atomic mass is 9.87. The van der Waals surface area contributed by atoms with Crippen LogP contribution in [0.5, 0.6) is 11.5 Å². The number of ether oxygens (including phenoxy) is 2. The number of methoxy groups -OCH3 is 2. The lowest BCUT2D eigenvalue weighted by Crippen LogP contribution is -2.40. The van der Waals surface area contributed by atoms with E-state index in [2.05, 4.69) is 0 Å². The lowest BCUT2D eigenvalue weighted by molar-refractivity contribution is -0.133. The molecule has 0 aliphatic carbocycles. The van der Waals surface area contributed by atoms with Gasteiger partial charge in [0, 0.05) is 18.0 Å². The van der Waals surface area contributed by atoms with Gasteiger partial charge in [0.05, 0.1) is 20.3 Å². The maximum absolute atomic E-state index is 12.8. The fraction of sp³-hybridized carbons (Fsp3) is 0.381. The molecular formula is C21H24ClNO3. The molecule has 0 N–H and O–H groups in total. The summed E-state index contributed by atoms with van der Waals surface area (Å²) in [5.41, 5.74) is 3.25. The molecule has 0 fully saturated rings. The molecule has 0 spiro atoms. The maximum atomic E-state index is 12.8. The zero-order chi connectivity index (χ0) is 18.7. The molecule has 0 saturated carbocycles. The Morgan fingerprint density at radius 2 is 1.92 bits per heavy atom. The van der Waals surface area contributed by atoms with Gasteiger partial charge in [-0.25, -0.2) is 0 Å². The number of hydrogen-bond donors (Lipinski definition) is 0. The van der Waals surface area contributed by atoms with Crippen LogP contribution in [0, 0.1) is 0 Å². The first-order valence-electron chi connectivity index (χ1n) is 8.88. The zero-order valence-corrected chi connectivity index (χ0v) is 16.2. The van der Waals surface area contributed by atoms with E-state index in [9.17, 15) is 4.79 Å². The van der Waals surface area contributed by atoms with Gasteiger partial charge in [-0.2, -0.15) is 0 Å². The van der Waals surface area contributed by atoms with Gasteiger partial charge in [-0.1, -0.05) is 30.7 Å². The predicted molar refractivity (Wildman–Crippen MR) is 103 cm³/mol. The molecule has 4 nitrogen and oxygen atoms in total. The number of fused-ring (bicyclic) bond motifs is 1. The molecule has 0 saturated heterocycles. The second-order valence-corrected chi connectivity index (χ2v) is 6.89. The van der Waals surface area contributed by atoms with Crippen LogP contribution in [-0.2, 0) is 11.2 Å². The molecule has 1 aliphatic rings. The van der Waals surface area contributed by atoms with Gasteiger partial charge in [-0.05, 0) is 53.8 Å². The van der Waals surface area contributed by atoms with E-state index in [-0.39, 0.29) is 11.9 Å². The van der Waals surface area contributed by atoms with Crippen molar-refractivity contribution in [1.82, 2.24) is 4.90 Å². The molecule has 0 unspecified atom stereocenters. The average Bonchev–Trinajstić information content (AvgIpc) is 2.65. The summed E-state index contributed by atoms with van der Waals surface area (Å²) in [6.07, 6.45) is 2.16. The van der Waals surface area contributed by atoms with E-state index >= 15 is 0 Å². The van der Waals surface area contributed by atoms with Crippen molar-refractivity contribution in [1.29, 1.82) is 0 Å². The molecule has 0 bridgehead atoms. The largest absolute Gasteiger partial charge is 0.493 e. The van der Waals surface area contributed by atoms with Gasteiger partial charge in [0.15, 0.2) is 11.5 Å². The summed E-state index contributed by atoms with van der Waals surface area (Å²) in [7, 11) is 3.26. The minimum Gasteiger partial charge on any atom is -0.493 e. The number of amides is 1. The summed E-state index contributed by atoms with van der Waals surface area (Å²) in [5, 5.41) is 0.665. The van der Waals surface area contributed by atoms with Crippen molar-refractivity contribution >= 4 is 17.5 Å². The molecule has 1 amide bonds. The predicted octanol–water partition coefficient (Wildman–Crippen LogP) is 4.63. The summed E-state index contributed by atoms with van der Waals surface area (Å²) in [4.78, 5) is 14.8. The van der Waals surface area contributed by atoms with Gasteiger partial charge in [0.1, 0.15) is 0 Å². The molecule has 138 valence electrons. The van der Waals surface area contributed by atoms with Crippen LogP contribution in [0.1, 0.15) is 42.5 Å². The Morgan fingerprint density at radius 1 is 1.19 bits per heavy atom. The molecule has 2 aromatic carbocycles. The van der Waals surface area contributed by atoms with Crippen molar-refractivity contribution in [3.8, 4) is 11.5 Å². The fourth-order valence-corrected chi connectivity index (χ4v) is 3.81. The van der Waals surface area contributed by atoms with Crippen LogP contribution in [0.15, 0.2) is 36.4 Å². The first-order chi connectivity index (χ1) is 12.6. The van der Waals surface area contributed by atoms with E-state index in [1.165, 1.54) is 5.56 Å². The van der Waals surface area contributed by atoms with Crippen molar-refractivity contribution in [2.24, 2.45) is 0 Å². The van der Waals surface area contributed by atoms with Gasteiger partial charge in [0.25, 0.3) is 0 Å². The third-order valence-electron chi connectivity index (χ3n) is 4.82. The highest BCUT2D eigenvalue weighted by Crippen LogP contribution is 2.41. The SMILES string of the molecule is CCCC(=O)N1CCc2cc(OC)c(OC)cc2[C@@H]1c1cccc(Cl)c1. The number of benzene rings is 2. The summed E-state index contributed by atoms with van der Waals surface area (Å²) < 4.78 is 10.9. The van der Waals surface area contributed by atoms with Crippen LogP contribution in [0.25, 0.3) is 0 Å². The molecule has 1 heterocycles. The molecule has 1 atom stereocenters. The minimum atomic E-state index is -0.170. The number of carbonyl (C=O) groups is 1. The average molecular weight is 374 g/mol. The van der Waals surface area contributed by atoms with Crippen LogP contribution in [0.2, 0.25) is 5.02 Å². The highest BCUT2D eigenvalue weighted by Gasteiger charge is 2.33. The third kappa shape index (κ3) is 3.51. The second-order valence-electron chi connectivity index (χ2n) is 6.45. The molecule has 3 rings (SSSR count). The van der Waals surface area contributed by atoms with Gasteiger partial charge >= 0.3 is 0 Å². The van der Waals surface area contributed by atoms with Crippen molar-refractivity contribution in [3.05, 3.63) is 58.1 Å². The number of nitrogens with zero attached hydrogens (tertiary/aromatic N) is 1. The monoisotopic (exact) mass is 373 g/mol. The summed E-state index contributed by atoms with van der Waals surface area (Å²) in [5.74, 6) is 1.55. The summed E-state index contributed by atoms with van der Waals surface area (Å²) in [6, 6.07) is 11.6. The summed E-state index contributed by atoms with van der Waals surface area (Å²) in [6.45, 7) is 2.70. The van der Waals surface area contributed by atoms with Crippen LogP contribution < -0.4 is 9.47 Å². The Morgan fingerprint density at radius 3 is 2.58 bits per heavy atom. The molecule has 0 radical (unpaired) electrons. The number of halogens is 1. The van der Waals surface area contributed by atoms with Gasteiger partial charge in [0.2, 0.25) is 5.91 Å². The first kappa shape index (κ1) is 18.6. The van der Waals surface area contributed by atoms with E-state index < -0.39 is 0 Å². The Bertz CT molecular complexity index is 806. The van der Waals surface area contributed by atoms with Gasteiger partial charge < -0.3 is 14.4 Å². The van der Waals surface area contributed by atoms with E-state index in [4.69, 9.17) is 21.1 Å². The van der Waals surface area contributed by atoms with Crippen LogP contribution in [0.3, 0.4) is 0 Å². The maximum Gasteiger partial charge on any atom is 0.223 e. The topological polar surface area (TPSA) is 38.8 Å². The van der Waals surface area contributed by atoms with E-state index in [1.807, 2.05) is 48.2 Å². The second kappa shape index (κ2) is 8.00. The molecule has 5 heteroatoms. The molecular weight excluding hydrogens is 350 g/mol. The number of hydrogen-bond acceptors (Lipinski definition) is 3. The van der Waals surface area contributed by atoms with E-state index in [1.54, 1.807) is 14.2 Å². The Balaban J connectivity index is 2.15. The van der Waals surface area contributed by atoms with E-state index in [0.717, 1.165) is 24.0 Å². The first-order valence-corrected chi connectivity index (χ1v) is 9.26. The molecule has 26 heavy (non-hydrogen) atoms. The smallest absolute Gasteiger partial charge is 0.223 e. The molecule has 2 aromatic rings. The van der Waals surface area contributed by atoms with Crippen molar-refractivity contribution in [3.63, 3.8) is 0 Å². The highest BCUT2D eigenvalue weighted by atomic mass is 35.5. The Hall–Kier alpha value is -2.20. The minimum absolute atomic E-state index is 0.165. The standard InChI is InChI=1S/C21H24ClNO3/c1-4-6-20(24)23-10-9-14-12-18(25-2)19(26-3)13-17(14)21(23)15-7-5-8-16(22)11-15/h5,7-8,11-13,21H,4,6,9-10H2,1-3H3/t21-/m0/s1. The Kier molecular flexibility index (Phi) is 5.72. The van der Waals surface area contributed by atoms with Gasteiger partial charge in [-0.3, -0.25) is 4.79 Å². The summed E-state index contributed by atoms with van der Waals surface area (Å²) >= 11 is 6.24. The van der Waals surface area contributed by atoms with Crippen LogP contribution >= 0.6 is 11.6 Å². The van der Waals surface area contributed by atoms with Crippen molar-refractivity contribution in [2.75, 3.05) is 20.8 Å². The normalized spacial score (nSPS) is 16.2. The molecule has 1 aliphatic heterocycles. The van der Waals surface area contributed by atoms with E-state index in [0.29, 0.717) is 29.5 Å². The van der Waals surface area contributed by atoms with Crippen molar-refractivity contribution in [2.45, 2.75) is 32.2 Å². The quantitative estimate of drug-likeness (QED) is 0.766. The highest BCUT2D eigenvalue weighted by molar-refractivity contribution is 6.30.